The van der Waals surface area contributed by atoms with Gasteiger partial charge >= 0.3 is 5.97 Å². The third kappa shape index (κ3) is 7.85. The predicted octanol–water partition coefficient (Wildman–Crippen LogP) is 2.74. The molecule has 0 aliphatic heterocycles. The van der Waals surface area contributed by atoms with Crippen molar-refractivity contribution in [2.24, 2.45) is 0 Å². The standard InChI is InChI=1S/C16H31NO3/c1-14(18)20-13-16(19)12-17(2)15-10-8-6-4-3-5-7-9-11-15/h15-16,19H,3-13H2,1-2H3. The molecule has 0 aromatic rings. The molecule has 0 amide bonds. The van der Waals surface area contributed by atoms with Gasteiger partial charge in [0.15, 0.2) is 0 Å². The van der Waals surface area contributed by atoms with Crippen molar-refractivity contribution in [1.29, 1.82) is 0 Å². The van der Waals surface area contributed by atoms with Crippen LogP contribution < -0.4 is 0 Å². The second-order valence-electron chi connectivity index (χ2n) is 6.10. The number of esters is 1. The lowest BCUT2D eigenvalue weighted by atomic mass is 9.96. The molecular weight excluding hydrogens is 254 g/mol. The molecule has 0 heterocycles. The Labute approximate surface area is 123 Å². The number of hydrogen-bond acceptors (Lipinski definition) is 4. The number of rotatable bonds is 5. The van der Waals surface area contributed by atoms with Gasteiger partial charge in [-0.2, -0.15) is 0 Å². The normalized spacial score (nSPS) is 20.6. The summed E-state index contributed by atoms with van der Waals surface area (Å²) in [6, 6.07) is 0.556. The van der Waals surface area contributed by atoms with Crippen LogP contribution in [0.3, 0.4) is 0 Å². The third-order valence-corrected chi connectivity index (χ3v) is 4.18. The SMILES string of the molecule is CC(=O)OCC(O)CN(C)C1CCCCCCCCC1. The number of carbonyl (C=O) groups is 1. The summed E-state index contributed by atoms with van der Waals surface area (Å²) in [7, 11) is 2.08. The second-order valence-corrected chi connectivity index (χ2v) is 6.10. The van der Waals surface area contributed by atoms with E-state index in [0.29, 0.717) is 12.6 Å². The van der Waals surface area contributed by atoms with E-state index in [4.69, 9.17) is 4.74 Å². The van der Waals surface area contributed by atoms with Crippen LogP contribution in [0.4, 0.5) is 0 Å². The molecule has 20 heavy (non-hydrogen) atoms. The van der Waals surface area contributed by atoms with E-state index in [1.165, 1.54) is 64.7 Å². The van der Waals surface area contributed by atoms with Gasteiger partial charge in [-0.1, -0.05) is 44.9 Å². The number of aliphatic hydroxyl groups excluding tert-OH is 1. The molecule has 0 bridgehead atoms. The van der Waals surface area contributed by atoms with E-state index < -0.39 is 6.10 Å². The van der Waals surface area contributed by atoms with E-state index >= 15 is 0 Å². The van der Waals surface area contributed by atoms with E-state index in [1.54, 1.807) is 0 Å². The quantitative estimate of drug-likeness (QED) is 0.789. The Morgan fingerprint density at radius 3 is 2.15 bits per heavy atom. The second kappa shape index (κ2) is 10.2. The summed E-state index contributed by atoms with van der Waals surface area (Å²) < 4.78 is 4.86. The van der Waals surface area contributed by atoms with Crippen molar-refractivity contribution in [3.05, 3.63) is 0 Å². The highest BCUT2D eigenvalue weighted by atomic mass is 16.5. The molecule has 0 saturated heterocycles. The summed E-state index contributed by atoms with van der Waals surface area (Å²) in [5, 5.41) is 9.91. The lowest BCUT2D eigenvalue weighted by molar-refractivity contribution is -0.144. The van der Waals surface area contributed by atoms with Crippen molar-refractivity contribution in [1.82, 2.24) is 4.90 Å². The smallest absolute Gasteiger partial charge is 0.302 e. The van der Waals surface area contributed by atoms with Gasteiger partial charge in [0.2, 0.25) is 0 Å². The van der Waals surface area contributed by atoms with Crippen LogP contribution in [0.1, 0.15) is 64.7 Å². The van der Waals surface area contributed by atoms with Crippen LogP contribution in [0.5, 0.6) is 0 Å². The van der Waals surface area contributed by atoms with Crippen molar-refractivity contribution in [3.63, 3.8) is 0 Å². The maximum Gasteiger partial charge on any atom is 0.302 e. The fraction of sp³-hybridized carbons (Fsp3) is 0.938. The molecule has 1 aliphatic rings. The first-order chi connectivity index (χ1) is 9.59. The third-order valence-electron chi connectivity index (χ3n) is 4.18. The topological polar surface area (TPSA) is 49.8 Å². The molecule has 1 fully saturated rings. The highest BCUT2D eigenvalue weighted by Gasteiger charge is 2.18. The molecular formula is C16H31NO3. The zero-order chi connectivity index (χ0) is 14.8. The Kier molecular flexibility index (Phi) is 8.86. The number of likely N-dealkylation sites (N-methyl/N-ethyl adjacent to an activating group) is 1. The summed E-state index contributed by atoms with van der Waals surface area (Å²) in [5.41, 5.74) is 0. The van der Waals surface area contributed by atoms with Crippen LogP contribution in [0.25, 0.3) is 0 Å². The van der Waals surface area contributed by atoms with Crippen molar-refractivity contribution < 1.29 is 14.6 Å². The summed E-state index contributed by atoms with van der Waals surface area (Å²) in [6.45, 7) is 2.06. The molecule has 1 N–H and O–H groups in total. The van der Waals surface area contributed by atoms with Gasteiger partial charge < -0.3 is 14.7 Å². The monoisotopic (exact) mass is 285 g/mol. The van der Waals surface area contributed by atoms with Crippen LogP contribution in [0.2, 0.25) is 0 Å². The summed E-state index contributed by atoms with van der Waals surface area (Å²) >= 11 is 0. The molecule has 1 aliphatic carbocycles. The molecule has 1 atom stereocenters. The van der Waals surface area contributed by atoms with Crippen molar-refractivity contribution in [2.45, 2.75) is 76.9 Å². The van der Waals surface area contributed by atoms with Crippen molar-refractivity contribution >= 4 is 5.97 Å². The Balaban J connectivity index is 2.33. The van der Waals surface area contributed by atoms with Crippen LogP contribution in [0.15, 0.2) is 0 Å². The molecule has 4 heteroatoms. The molecule has 1 unspecified atom stereocenters. The first-order valence-electron chi connectivity index (χ1n) is 8.11. The van der Waals surface area contributed by atoms with Crippen LogP contribution in [-0.2, 0) is 9.53 Å². The first kappa shape index (κ1) is 17.4. The molecule has 1 saturated carbocycles. The number of carbonyl (C=O) groups excluding carboxylic acids is 1. The molecule has 0 aromatic carbocycles. The van der Waals surface area contributed by atoms with Gasteiger partial charge in [-0.05, 0) is 19.9 Å². The highest BCUT2D eigenvalue weighted by molar-refractivity contribution is 5.65. The first-order valence-corrected chi connectivity index (χ1v) is 8.11. The largest absolute Gasteiger partial charge is 0.463 e. The summed E-state index contributed by atoms with van der Waals surface area (Å²) in [6.07, 6.45) is 11.2. The minimum absolute atomic E-state index is 0.104. The summed E-state index contributed by atoms with van der Waals surface area (Å²) in [4.78, 5) is 13.0. The average molecular weight is 285 g/mol. The van der Waals surface area contributed by atoms with Gasteiger partial charge in [0, 0.05) is 19.5 Å². The zero-order valence-electron chi connectivity index (χ0n) is 13.1. The van der Waals surface area contributed by atoms with Gasteiger partial charge in [-0.3, -0.25) is 4.79 Å². The lowest BCUT2D eigenvalue weighted by Gasteiger charge is -2.30. The van der Waals surface area contributed by atoms with E-state index in [0.717, 1.165) is 0 Å². The maximum atomic E-state index is 10.7. The molecule has 1 rings (SSSR count). The minimum Gasteiger partial charge on any atom is -0.463 e. The number of ether oxygens (including phenoxy) is 1. The molecule has 4 nitrogen and oxygen atoms in total. The van der Waals surface area contributed by atoms with Gasteiger partial charge in [-0.25, -0.2) is 0 Å². The lowest BCUT2D eigenvalue weighted by Crippen LogP contribution is -2.39. The van der Waals surface area contributed by atoms with Crippen molar-refractivity contribution in [3.8, 4) is 0 Å². The van der Waals surface area contributed by atoms with Crippen molar-refractivity contribution in [2.75, 3.05) is 20.2 Å². The fourth-order valence-electron chi connectivity index (χ4n) is 2.98. The zero-order valence-corrected chi connectivity index (χ0v) is 13.1. The van der Waals surface area contributed by atoms with Gasteiger partial charge in [0.25, 0.3) is 0 Å². The molecule has 0 spiro atoms. The van der Waals surface area contributed by atoms with Gasteiger partial charge in [0.1, 0.15) is 12.7 Å². The Hall–Kier alpha value is -0.610. The Morgan fingerprint density at radius 1 is 1.15 bits per heavy atom. The minimum atomic E-state index is -0.584. The fourth-order valence-corrected chi connectivity index (χ4v) is 2.98. The maximum absolute atomic E-state index is 10.7. The number of nitrogens with zero attached hydrogens (tertiary/aromatic N) is 1. The van der Waals surface area contributed by atoms with Crippen LogP contribution >= 0.6 is 0 Å². The van der Waals surface area contributed by atoms with E-state index in [2.05, 4.69) is 11.9 Å². The van der Waals surface area contributed by atoms with Gasteiger partial charge in [-0.15, -0.1) is 0 Å². The van der Waals surface area contributed by atoms with E-state index in [1.807, 2.05) is 0 Å². The number of hydrogen-bond donors (Lipinski definition) is 1. The van der Waals surface area contributed by atoms with E-state index in [-0.39, 0.29) is 12.6 Å². The molecule has 0 radical (unpaired) electrons. The number of aliphatic hydroxyl groups is 1. The molecule has 118 valence electrons. The van der Waals surface area contributed by atoms with Gasteiger partial charge in [0.05, 0.1) is 0 Å². The molecule has 0 aromatic heterocycles. The highest BCUT2D eigenvalue weighted by Crippen LogP contribution is 2.20. The van der Waals surface area contributed by atoms with E-state index in [9.17, 15) is 9.90 Å². The predicted molar refractivity (Wildman–Crippen MR) is 80.6 cm³/mol. The Morgan fingerprint density at radius 2 is 1.65 bits per heavy atom. The van der Waals surface area contributed by atoms with Crippen LogP contribution in [-0.4, -0.2) is 48.3 Å². The van der Waals surface area contributed by atoms with Crippen LogP contribution in [0, 0.1) is 0 Å². The Bertz CT molecular complexity index is 260. The average Bonchev–Trinajstić information content (AvgIpc) is 2.42. The summed E-state index contributed by atoms with van der Waals surface area (Å²) in [5.74, 6) is -0.328.